The predicted molar refractivity (Wildman–Crippen MR) is 78.0 cm³/mol. The van der Waals surface area contributed by atoms with Crippen LogP contribution in [0.3, 0.4) is 0 Å². The minimum absolute atomic E-state index is 0. The lowest BCUT2D eigenvalue weighted by Gasteiger charge is -2.27. The second kappa shape index (κ2) is 7.62. The predicted octanol–water partition coefficient (Wildman–Crippen LogP) is 2.55. The Morgan fingerprint density at radius 1 is 1.33 bits per heavy atom. The Balaban J connectivity index is 0.00000162. The second-order valence-corrected chi connectivity index (χ2v) is 5.00. The van der Waals surface area contributed by atoms with E-state index in [2.05, 4.69) is 24.1 Å². The molecule has 0 saturated carbocycles. The van der Waals surface area contributed by atoms with Crippen LogP contribution in [0.5, 0.6) is 0 Å². The van der Waals surface area contributed by atoms with Gasteiger partial charge in [-0.2, -0.15) is 0 Å². The van der Waals surface area contributed by atoms with Gasteiger partial charge in [0.15, 0.2) is 0 Å². The molecule has 0 aliphatic carbocycles. The van der Waals surface area contributed by atoms with Gasteiger partial charge in [-0.3, -0.25) is 0 Å². The van der Waals surface area contributed by atoms with Gasteiger partial charge < -0.3 is 15.4 Å². The molecule has 1 aromatic rings. The van der Waals surface area contributed by atoms with Crippen LogP contribution in [0, 0.1) is 5.92 Å². The zero-order valence-electron chi connectivity index (χ0n) is 11.0. The van der Waals surface area contributed by atoms with Crippen molar-refractivity contribution in [1.29, 1.82) is 0 Å². The average Bonchev–Trinajstić information content (AvgIpc) is 2.30. The molecule has 0 radical (unpaired) electrons. The van der Waals surface area contributed by atoms with E-state index < -0.39 is 0 Å². The van der Waals surface area contributed by atoms with Crippen molar-refractivity contribution in [1.82, 2.24) is 4.90 Å². The highest BCUT2D eigenvalue weighted by atomic mass is 35.5. The van der Waals surface area contributed by atoms with Crippen LogP contribution in [0.2, 0.25) is 0 Å². The Morgan fingerprint density at radius 2 is 2.06 bits per heavy atom. The zero-order valence-corrected chi connectivity index (χ0v) is 11.8. The third-order valence-corrected chi connectivity index (χ3v) is 3.31. The number of nitrogens with zero attached hydrogens (tertiary/aromatic N) is 1. The highest BCUT2D eigenvalue weighted by Crippen LogP contribution is 2.17. The summed E-state index contributed by atoms with van der Waals surface area (Å²) in [6.45, 7) is 3.98. The molecule has 1 aromatic carbocycles. The molecule has 1 heterocycles. The van der Waals surface area contributed by atoms with Crippen molar-refractivity contribution in [3.05, 3.63) is 29.8 Å². The molecule has 1 aliphatic rings. The molecule has 3 nitrogen and oxygen atoms in total. The van der Waals surface area contributed by atoms with Gasteiger partial charge in [0.1, 0.15) is 0 Å². The fraction of sp³-hybridized carbons (Fsp3) is 0.571. The van der Waals surface area contributed by atoms with Gasteiger partial charge in [0.25, 0.3) is 0 Å². The molecule has 0 amide bonds. The summed E-state index contributed by atoms with van der Waals surface area (Å²) in [6.07, 6.45) is 2.39. The standard InChI is InChI=1S/C14H22N2O.ClH/c1-16(10-12-5-7-17-8-6-12)11-13-3-2-4-14(15)9-13;/h2-4,9,12H,5-8,10-11,15H2,1H3;1H. The summed E-state index contributed by atoms with van der Waals surface area (Å²) < 4.78 is 5.38. The fourth-order valence-electron chi connectivity index (χ4n) is 2.44. The number of ether oxygens (including phenoxy) is 1. The SMILES string of the molecule is CN(Cc1cccc(N)c1)CC1CCOCC1.Cl. The molecule has 0 bridgehead atoms. The first-order chi connectivity index (χ1) is 8.24. The first kappa shape index (κ1) is 15.3. The summed E-state index contributed by atoms with van der Waals surface area (Å²) >= 11 is 0. The number of hydrogen-bond acceptors (Lipinski definition) is 3. The molecule has 0 aromatic heterocycles. The van der Waals surface area contributed by atoms with Crippen molar-refractivity contribution in [3.63, 3.8) is 0 Å². The maximum absolute atomic E-state index is 5.78. The van der Waals surface area contributed by atoms with Crippen LogP contribution in [0.15, 0.2) is 24.3 Å². The van der Waals surface area contributed by atoms with E-state index >= 15 is 0 Å². The normalized spacial score (nSPS) is 16.6. The van der Waals surface area contributed by atoms with Crippen LogP contribution >= 0.6 is 12.4 Å². The third-order valence-electron chi connectivity index (χ3n) is 3.31. The van der Waals surface area contributed by atoms with E-state index in [0.29, 0.717) is 0 Å². The Morgan fingerprint density at radius 3 is 2.72 bits per heavy atom. The molecule has 18 heavy (non-hydrogen) atoms. The molecule has 1 fully saturated rings. The molecule has 0 unspecified atom stereocenters. The summed E-state index contributed by atoms with van der Waals surface area (Å²) in [4.78, 5) is 2.38. The Labute approximate surface area is 116 Å². The van der Waals surface area contributed by atoms with E-state index in [1.54, 1.807) is 0 Å². The van der Waals surface area contributed by atoms with Gasteiger partial charge in [-0.05, 0) is 43.5 Å². The van der Waals surface area contributed by atoms with Crippen molar-refractivity contribution in [2.75, 3.05) is 32.5 Å². The number of hydrogen-bond donors (Lipinski definition) is 1. The maximum Gasteiger partial charge on any atom is 0.0469 e. The summed E-state index contributed by atoms with van der Waals surface area (Å²) in [5.41, 5.74) is 7.92. The number of nitrogen functional groups attached to an aromatic ring is 1. The van der Waals surface area contributed by atoms with E-state index in [-0.39, 0.29) is 12.4 Å². The lowest BCUT2D eigenvalue weighted by Crippen LogP contribution is -2.29. The molecule has 1 saturated heterocycles. The van der Waals surface area contributed by atoms with Crippen molar-refractivity contribution in [2.45, 2.75) is 19.4 Å². The van der Waals surface area contributed by atoms with Crippen LogP contribution in [-0.2, 0) is 11.3 Å². The van der Waals surface area contributed by atoms with E-state index in [9.17, 15) is 0 Å². The number of anilines is 1. The first-order valence-corrected chi connectivity index (χ1v) is 6.35. The first-order valence-electron chi connectivity index (χ1n) is 6.35. The molecule has 102 valence electrons. The molecule has 0 spiro atoms. The van der Waals surface area contributed by atoms with E-state index in [1.165, 1.54) is 18.4 Å². The minimum atomic E-state index is 0. The van der Waals surface area contributed by atoms with Gasteiger partial charge in [0.05, 0.1) is 0 Å². The van der Waals surface area contributed by atoms with Gasteiger partial charge in [-0.15, -0.1) is 12.4 Å². The Bertz CT molecular complexity index is 353. The third kappa shape index (κ3) is 4.84. The van der Waals surface area contributed by atoms with Gasteiger partial charge in [-0.1, -0.05) is 12.1 Å². The van der Waals surface area contributed by atoms with Crippen molar-refractivity contribution < 1.29 is 4.74 Å². The van der Waals surface area contributed by atoms with Crippen LogP contribution < -0.4 is 5.73 Å². The summed E-state index contributed by atoms with van der Waals surface area (Å²) in [6, 6.07) is 8.15. The van der Waals surface area contributed by atoms with E-state index in [0.717, 1.165) is 37.9 Å². The summed E-state index contributed by atoms with van der Waals surface area (Å²) in [7, 11) is 2.18. The molecule has 4 heteroatoms. The maximum atomic E-state index is 5.78. The van der Waals surface area contributed by atoms with Crippen LogP contribution in [0.4, 0.5) is 5.69 Å². The largest absolute Gasteiger partial charge is 0.399 e. The Hall–Kier alpha value is -0.770. The van der Waals surface area contributed by atoms with E-state index in [1.807, 2.05) is 12.1 Å². The smallest absolute Gasteiger partial charge is 0.0469 e. The summed E-state index contributed by atoms with van der Waals surface area (Å²) in [5, 5.41) is 0. The molecular weight excluding hydrogens is 248 g/mol. The lowest BCUT2D eigenvalue weighted by molar-refractivity contribution is 0.0549. The zero-order chi connectivity index (χ0) is 12.1. The van der Waals surface area contributed by atoms with Crippen LogP contribution in [0.1, 0.15) is 18.4 Å². The van der Waals surface area contributed by atoms with Crippen molar-refractivity contribution in [2.24, 2.45) is 5.92 Å². The second-order valence-electron chi connectivity index (χ2n) is 5.00. The molecule has 2 rings (SSSR count). The quantitative estimate of drug-likeness (QED) is 0.855. The monoisotopic (exact) mass is 270 g/mol. The van der Waals surface area contributed by atoms with Crippen LogP contribution in [0.25, 0.3) is 0 Å². The molecular formula is C14H23ClN2O. The molecule has 1 aliphatic heterocycles. The Kier molecular flexibility index (Phi) is 6.47. The number of nitrogens with two attached hydrogens (primary N) is 1. The number of rotatable bonds is 4. The molecule has 0 atom stereocenters. The average molecular weight is 271 g/mol. The highest BCUT2D eigenvalue weighted by Gasteiger charge is 2.15. The van der Waals surface area contributed by atoms with Crippen molar-refractivity contribution in [3.8, 4) is 0 Å². The van der Waals surface area contributed by atoms with Gasteiger partial charge >= 0.3 is 0 Å². The van der Waals surface area contributed by atoms with Gasteiger partial charge in [-0.25, -0.2) is 0 Å². The topological polar surface area (TPSA) is 38.5 Å². The fourth-order valence-corrected chi connectivity index (χ4v) is 2.44. The van der Waals surface area contributed by atoms with Gasteiger partial charge in [0.2, 0.25) is 0 Å². The molecule has 2 N–H and O–H groups in total. The lowest BCUT2D eigenvalue weighted by atomic mass is 10.00. The summed E-state index contributed by atoms with van der Waals surface area (Å²) in [5.74, 6) is 0.787. The number of benzene rings is 1. The number of halogens is 1. The van der Waals surface area contributed by atoms with E-state index in [4.69, 9.17) is 10.5 Å². The van der Waals surface area contributed by atoms with Gasteiger partial charge in [0, 0.05) is 32.0 Å². The van der Waals surface area contributed by atoms with Crippen LogP contribution in [-0.4, -0.2) is 31.7 Å². The highest BCUT2D eigenvalue weighted by molar-refractivity contribution is 5.85. The van der Waals surface area contributed by atoms with Crippen molar-refractivity contribution >= 4 is 18.1 Å². The minimum Gasteiger partial charge on any atom is -0.399 e.